The van der Waals surface area contributed by atoms with E-state index in [2.05, 4.69) is 16.3 Å². The van der Waals surface area contributed by atoms with Crippen LogP contribution in [0.3, 0.4) is 0 Å². The van der Waals surface area contributed by atoms with Gasteiger partial charge in [-0.3, -0.25) is 4.90 Å². The van der Waals surface area contributed by atoms with E-state index < -0.39 is 0 Å². The molecule has 1 N–H and O–H groups in total. The molecular weight excluding hydrogens is 241 g/mol. The van der Waals surface area contributed by atoms with Crippen LogP contribution in [0.5, 0.6) is 0 Å². The van der Waals surface area contributed by atoms with Crippen molar-refractivity contribution in [2.75, 3.05) is 19.6 Å². The summed E-state index contributed by atoms with van der Waals surface area (Å²) in [5.74, 6) is 0.455. The van der Waals surface area contributed by atoms with Crippen LogP contribution in [0, 0.1) is 23.1 Å². The summed E-state index contributed by atoms with van der Waals surface area (Å²) in [5, 5.41) is 12.6. The number of fused-ring (bicyclic) bond motifs is 1. The lowest BCUT2D eigenvalue weighted by atomic mass is 9.94. The van der Waals surface area contributed by atoms with Gasteiger partial charge in [0.05, 0.1) is 11.6 Å². The Kier molecular flexibility index (Phi) is 3.50. The molecule has 4 heteroatoms. The number of piperidine rings is 1. The highest BCUT2D eigenvalue weighted by Crippen LogP contribution is 2.26. The van der Waals surface area contributed by atoms with Crippen molar-refractivity contribution in [3.05, 3.63) is 35.1 Å². The first-order valence-corrected chi connectivity index (χ1v) is 6.90. The summed E-state index contributed by atoms with van der Waals surface area (Å²) in [4.78, 5) is 2.34. The first-order chi connectivity index (χ1) is 9.26. The summed E-state index contributed by atoms with van der Waals surface area (Å²) < 4.78 is 13.3. The summed E-state index contributed by atoms with van der Waals surface area (Å²) in [6.07, 6.45) is 2.53. The van der Waals surface area contributed by atoms with Crippen molar-refractivity contribution >= 4 is 0 Å². The van der Waals surface area contributed by atoms with Crippen molar-refractivity contribution in [2.24, 2.45) is 5.92 Å². The molecule has 2 aliphatic rings. The minimum atomic E-state index is -0.260. The van der Waals surface area contributed by atoms with Crippen molar-refractivity contribution in [3.8, 4) is 6.07 Å². The zero-order valence-corrected chi connectivity index (χ0v) is 10.9. The van der Waals surface area contributed by atoms with E-state index in [0.29, 0.717) is 24.1 Å². The number of nitriles is 1. The number of hydrogen-bond donors (Lipinski definition) is 1. The van der Waals surface area contributed by atoms with E-state index in [1.807, 2.05) is 0 Å². The Morgan fingerprint density at radius 2 is 2.32 bits per heavy atom. The van der Waals surface area contributed by atoms with Gasteiger partial charge in [-0.1, -0.05) is 0 Å². The Labute approximate surface area is 113 Å². The van der Waals surface area contributed by atoms with Crippen molar-refractivity contribution < 1.29 is 4.39 Å². The molecule has 100 valence electrons. The Morgan fingerprint density at radius 1 is 1.42 bits per heavy atom. The molecule has 2 atom stereocenters. The third kappa shape index (κ3) is 2.63. The molecule has 0 aromatic heterocycles. The SMILES string of the molecule is N#Cc1ccc(F)cc1CN1C[C@@H]2CCCN[C@@H]2C1. The monoisotopic (exact) mass is 259 g/mol. The Hall–Kier alpha value is -1.44. The summed E-state index contributed by atoms with van der Waals surface area (Å²) in [7, 11) is 0. The van der Waals surface area contributed by atoms with Gasteiger partial charge in [-0.05, 0) is 49.1 Å². The molecule has 2 heterocycles. The maximum absolute atomic E-state index is 13.3. The fraction of sp³-hybridized carbons (Fsp3) is 0.533. The second kappa shape index (κ2) is 5.28. The van der Waals surface area contributed by atoms with Gasteiger partial charge < -0.3 is 5.32 Å². The summed E-state index contributed by atoms with van der Waals surface area (Å²) in [6, 6.07) is 7.15. The van der Waals surface area contributed by atoms with E-state index in [4.69, 9.17) is 5.26 Å². The molecule has 0 amide bonds. The molecule has 0 bridgehead atoms. The van der Waals surface area contributed by atoms with Crippen LogP contribution in [-0.4, -0.2) is 30.6 Å². The topological polar surface area (TPSA) is 39.1 Å². The average molecular weight is 259 g/mol. The van der Waals surface area contributed by atoms with Crippen LogP contribution in [0.15, 0.2) is 18.2 Å². The third-order valence-corrected chi connectivity index (χ3v) is 4.26. The van der Waals surface area contributed by atoms with Gasteiger partial charge in [-0.15, -0.1) is 0 Å². The lowest BCUT2D eigenvalue weighted by Gasteiger charge is -2.24. The minimum absolute atomic E-state index is 0.260. The Balaban J connectivity index is 1.72. The number of nitrogens with one attached hydrogen (secondary N) is 1. The van der Waals surface area contributed by atoms with Crippen molar-refractivity contribution in [3.63, 3.8) is 0 Å². The first kappa shape index (κ1) is 12.6. The second-order valence-electron chi connectivity index (χ2n) is 5.57. The number of nitrogens with zero attached hydrogens (tertiary/aromatic N) is 2. The van der Waals surface area contributed by atoms with Crippen LogP contribution in [0.1, 0.15) is 24.0 Å². The van der Waals surface area contributed by atoms with E-state index >= 15 is 0 Å². The quantitative estimate of drug-likeness (QED) is 0.881. The minimum Gasteiger partial charge on any atom is -0.312 e. The Morgan fingerprint density at radius 3 is 3.11 bits per heavy atom. The highest BCUT2D eigenvalue weighted by atomic mass is 19.1. The van der Waals surface area contributed by atoms with E-state index in [1.54, 1.807) is 6.07 Å². The molecule has 0 spiro atoms. The number of rotatable bonds is 2. The fourth-order valence-corrected chi connectivity index (χ4v) is 3.31. The fourth-order valence-electron chi connectivity index (χ4n) is 3.31. The largest absolute Gasteiger partial charge is 0.312 e. The van der Waals surface area contributed by atoms with Crippen molar-refractivity contribution in [1.29, 1.82) is 5.26 Å². The summed E-state index contributed by atoms with van der Waals surface area (Å²) >= 11 is 0. The van der Waals surface area contributed by atoms with Crippen molar-refractivity contribution in [1.82, 2.24) is 10.2 Å². The van der Waals surface area contributed by atoms with Crippen molar-refractivity contribution in [2.45, 2.75) is 25.4 Å². The number of hydrogen-bond acceptors (Lipinski definition) is 3. The molecule has 0 aliphatic carbocycles. The van der Waals surface area contributed by atoms with Crippen LogP contribution < -0.4 is 5.32 Å². The molecule has 3 rings (SSSR count). The normalized spacial score (nSPS) is 26.9. The molecule has 2 aliphatic heterocycles. The molecule has 3 nitrogen and oxygen atoms in total. The van der Waals surface area contributed by atoms with Gasteiger partial charge >= 0.3 is 0 Å². The van der Waals surface area contributed by atoms with Gasteiger partial charge in [0.15, 0.2) is 0 Å². The predicted octanol–water partition coefficient (Wildman–Crippen LogP) is 1.88. The number of likely N-dealkylation sites (tertiary alicyclic amines) is 1. The molecule has 0 unspecified atom stereocenters. The van der Waals surface area contributed by atoms with Crippen LogP contribution in [-0.2, 0) is 6.54 Å². The molecule has 0 saturated carbocycles. The van der Waals surface area contributed by atoms with Crippen LogP contribution in [0.2, 0.25) is 0 Å². The lowest BCUT2D eigenvalue weighted by molar-refractivity contribution is 0.312. The molecule has 0 radical (unpaired) electrons. The summed E-state index contributed by atoms with van der Waals surface area (Å²) in [5.41, 5.74) is 1.39. The molecule has 19 heavy (non-hydrogen) atoms. The van der Waals surface area contributed by atoms with E-state index in [0.717, 1.165) is 25.2 Å². The van der Waals surface area contributed by atoms with E-state index in [1.165, 1.54) is 25.0 Å². The Bertz CT molecular complexity index is 495. The van der Waals surface area contributed by atoms with Gasteiger partial charge in [0.1, 0.15) is 5.82 Å². The lowest BCUT2D eigenvalue weighted by Crippen LogP contribution is -2.40. The molecule has 1 aromatic rings. The first-order valence-electron chi connectivity index (χ1n) is 6.90. The van der Waals surface area contributed by atoms with E-state index in [-0.39, 0.29) is 5.82 Å². The highest BCUT2D eigenvalue weighted by Gasteiger charge is 2.34. The number of benzene rings is 1. The molecular formula is C15H18FN3. The smallest absolute Gasteiger partial charge is 0.123 e. The number of halogens is 1. The molecule has 2 saturated heterocycles. The maximum Gasteiger partial charge on any atom is 0.123 e. The summed E-state index contributed by atoms with van der Waals surface area (Å²) in [6.45, 7) is 3.85. The highest BCUT2D eigenvalue weighted by molar-refractivity contribution is 5.37. The van der Waals surface area contributed by atoms with Gasteiger partial charge in [-0.25, -0.2) is 4.39 Å². The molecule has 2 fully saturated rings. The average Bonchev–Trinajstić information content (AvgIpc) is 2.81. The van der Waals surface area contributed by atoms with Gasteiger partial charge in [0, 0.05) is 25.7 Å². The van der Waals surface area contributed by atoms with Gasteiger partial charge in [0.2, 0.25) is 0 Å². The standard InChI is InChI=1S/C15H18FN3/c16-14-4-3-11(7-17)13(6-14)9-19-8-12-2-1-5-18-15(12)10-19/h3-4,6,12,15,18H,1-2,5,8-10H2/t12-,15+/m0/s1. The third-order valence-electron chi connectivity index (χ3n) is 4.26. The second-order valence-corrected chi connectivity index (χ2v) is 5.57. The van der Waals surface area contributed by atoms with Crippen LogP contribution >= 0.6 is 0 Å². The molecule has 1 aromatic carbocycles. The maximum atomic E-state index is 13.3. The van der Waals surface area contributed by atoms with Gasteiger partial charge in [-0.2, -0.15) is 5.26 Å². The van der Waals surface area contributed by atoms with E-state index in [9.17, 15) is 4.39 Å². The van der Waals surface area contributed by atoms with Gasteiger partial charge in [0.25, 0.3) is 0 Å². The van der Waals surface area contributed by atoms with Crippen LogP contribution in [0.25, 0.3) is 0 Å². The van der Waals surface area contributed by atoms with Crippen LogP contribution in [0.4, 0.5) is 4.39 Å². The zero-order valence-electron chi connectivity index (χ0n) is 10.9. The zero-order chi connectivity index (χ0) is 13.2. The predicted molar refractivity (Wildman–Crippen MR) is 70.9 cm³/mol.